The van der Waals surface area contributed by atoms with Gasteiger partial charge in [-0.3, -0.25) is 9.59 Å². The molecule has 1 rings (SSSR count). The Morgan fingerprint density at radius 3 is 2.60 bits per heavy atom. The average Bonchev–Trinajstić information content (AvgIpc) is 2.17. The number of amides is 2. The number of rotatable bonds is 3. The van der Waals surface area contributed by atoms with Crippen LogP contribution in [0.4, 0.5) is 5.69 Å². The van der Waals surface area contributed by atoms with Crippen molar-refractivity contribution in [2.24, 2.45) is 5.73 Å². The number of primary amides is 1. The minimum absolute atomic E-state index is 0.196. The first-order chi connectivity index (χ1) is 7.04. The van der Waals surface area contributed by atoms with Crippen molar-refractivity contribution in [1.29, 1.82) is 0 Å². The van der Waals surface area contributed by atoms with E-state index in [2.05, 4.69) is 21.2 Å². The highest BCUT2D eigenvalue weighted by Gasteiger charge is 2.07. The molecule has 1 aromatic carbocycles. The van der Waals surface area contributed by atoms with Gasteiger partial charge >= 0.3 is 0 Å². The minimum Gasteiger partial charge on any atom is -0.366 e. The fourth-order valence-electron chi connectivity index (χ4n) is 0.987. The summed E-state index contributed by atoms with van der Waals surface area (Å²) in [6.07, 6.45) is 0. The van der Waals surface area contributed by atoms with Crippen molar-refractivity contribution in [3.8, 4) is 0 Å². The summed E-state index contributed by atoms with van der Waals surface area (Å²) in [5.41, 5.74) is 5.83. The van der Waals surface area contributed by atoms with Crippen LogP contribution >= 0.6 is 27.5 Å². The maximum absolute atomic E-state index is 11.0. The second-order valence-corrected chi connectivity index (χ2v) is 3.71. The van der Waals surface area contributed by atoms with E-state index >= 15 is 0 Å². The Kier molecular flexibility index (Phi) is 4.11. The van der Waals surface area contributed by atoms with E-state index in [0.717, 1.165) is 0 Å². The highest BCUT2D eigenvalue weighted by Crippen LogP contribution is 2.20. The molecule has 0 saturated carbocycles. The van der Waals surface area contributed by atoms with Gasteiger partial charge in [0.15, 0.2) is 0 Å². The maximum Gasteiger partial charge on any atom is 0.250 e. The van der Waals surface area contributed by atoms with Crippen molar-refractivity contribution in [3.63, 3.8) is 0 Å². The van der Waals surface area contributed by atoms with Gasteiger partial charge in [0.25, 0.3) is 0 Å². The normalized spacial score (nSPS) is 9.73. The number of nitrogens with two attached hydrogens (primary N) is 1. The Labute approximate surface area is 99.9 Å². The number of anilines is 1. The van der Waals surface area contributed by atoms with E-state index in [1.54, 1.807) is 6.07 Å². The van der Waals surface area contributed by atoms with Crippen molar-refractivity contribution < 1.29 is 9.59 Å². The number of halogens is 2. The van der Waals surface area contributed by atoms with Crippen LogP contribution in [-0.2, 0) is 4.79 Å². The molecule has 0 spiro atoms. The summed E-state index contributed by atoms with van der Waals surface area (Å²) in [4.78, 5) is 21.9. The van der Waals surface area contributed by atoms with E-state index in [-0.39, 0.29) is 21.8 Å². The van der Waals surface area contributed by atoms with Crippen molar-refractivity contribution in [2.45, 2.75) is 0 Å². The molecule has 0 radical (unpaired) electrons. The third-order valence-electron chi connectivity index (χ3n) is 1.64. The van der Waals surface area contributed by atoms with E-state index < -0.39 is 5.91 Å². The molecule has 0 unspecified atom stereocenters. The molecule has 3 N–H and O–H groups in total. The Hall–Kier alpha value is -1.07. The number of nitrogens with one attached hydrogen (secondary N) is 1. The van der Waals surface area contributed by atoms with Gasteiger partial charge in [-0.1, -0.05) is 27.5 Å². The molecule has 0 saturated heterocycles. The summed E-state index contributed by atoms with van der Waals surface area (Å²) in [5.74, 6) is -0.795. The largest absolute Gasteiger partial charge is 0.366 e. The summed E-state index contributed by atoms with van der Waals surface area (Å²) in [5, 5.41) is 2.99. The number of carbonyl (C=O) groups is 2. The van der Waals surface area contributed by atoms with E-state index in [4.69, 9.17) is 17.3 Å². The van der Waals surface area contributed by atoms with Crippen LogP contribution in [0, 0.1) is 0 Å². The van der Waals surface area contributed by atoms with Crippen molar-refractivity contribution in [2.75, 3.05) is 10.6 Å². The Morgan fingerprint density at radius 1 is 1.47 bits per heavy atom. The van der Waals surface area contributed by atoms with Gasteiger partial charge in [0.2, 0.25) is 11.8 Å². The lowest BCUT2D eigenvalue weighted by molar-refractivity contribution is -0.113. The summed E-state index contributed by atoms with van der Waals surface area (Å²) in [6.45, 7) is 0. The zero-order valence-corrected chi connectivity index (χ0v) is 9.93. The maximum atomic E-state index is 11.0. The third-order valence-corrected chi connectivity index (χ3v) is 2.46. The lowest BCUT2D eigenvalue weighted by atomic mass is 10.2. The molecule has 0 aliphatic heterocycles. The number of alkyl halides is 1. The number of hydrogen-bond acceptors (Lipinski definition) is 2. The topological polar surface area (TPSA) is 72.2 Å². The zero-order chi connectivity index (χ0) is 11.4. The molecular weight excluding hydrogens is 283 g/mol. The summed E-state index contributed by atoms with van der Waals surface area (Å²) >= 11 is 8.80. The number of carbonyl (C=O) groups excluding carboxylic acids is 2. The zero-order valence-electron chi connectivity index (χ0n) is 7.59. The van der Waals surface area contributed by atoms with Gasteiger partial charge in [-0.05, 0) is 18.2 Å². The predicted octanol–water partition coefficient (Wildman–Crippen LogP) is 1.77. The minimum atomic E-state index is -0.599. The van der Waals surface area contributed by atoms with E-state index in [9.17, 15) is 9.59 Å². The molecule has 0 fully saturated rings. The summed E-state index contributed by atoms with van der Waals surface area (Å²) < 4.78 is 0. The highest BCUT2D eigenvalue weighted by atomic mass is 79.9. The predicted molar refractivity (Wildman–Crippen MR) is 62.4 cm³/mol. The SMILES string of the molecule is NC(=O)c1ccc(NC(=O)CBr)cc1Cl. The highest BCUT2D eigenvalue weighted by molar-refractivity contribution is 9.09. The monoisotopic (exact) mass is 290 g/mol. The van der Waals surface area contributed by atoms with Crippen LogP contribution < -0.4 is 11.1 Å². The van der Waals surface area contributed by atoms with Gasteiger partial charge in [0.1, 0.15) is 0 Å². The summed E-state index contributed by atoms with van der Waals surface area (Å²) in [6, 6.07) is 4.50. The molecule has 0 heterocycles. The molecule has 4 nitrogen and oxygen atoms in total. The second-order valence-electron chi connectivity index (χ2n) is 2.74. The standard InChI is InChI=1S/C9H8BrClN2O2/c10-4-8(14)13-5-1-2-6(9(12)15)7(11)3-5/h1-3H,4H2,(H2,12,15)(H,13,14). The van der Waals surface area contributed by atoms with Gasteiger partial charge in [0.05, 0.1) is 15.9 Å². The fraction of sp³-hybridized carbons (Fsp3) is 0.111. The van der Waals surface area contributed by atoms with E-state index in [1.165, 1.54) is 12.1 Å². The van der Waals surface area contributed by atoms with Crippen LogP contribution in [0.25, 0.3) is 0 Å². The first-order valence-electron chi connectivity index (χ1n) is 3.99. The molecule has 6 heteroatoms. The molecule has 0 atom stereocenters. The molecule has 80 valence electrons. The molecule has 15 heavy (non-hydrogen) atoms. The van der Waals surface area contributed by atoms with E-state index in [0.29, 0.717) is 5.69 Å². The lowest BCUT2D eigenvalue weighted by Crippen LogP contribution is -2.14. The quantitative estimate of drug-likeness (QED) is 0.833. The Bertz CT molecular complexity index is 409. The van der Waals surface area contributed by atoms with Crippen molar-refractivity contribution in [3.05, 3.63) is 28.8 Å². The van der Waals surface area contributed by atoms with Crippen molar-refractivity contribution in [1.82, 2.24) is 0 Å². The van der Waals surface area contributed by atoms with Gasteiger partial charge < -0.3 is 11.1 Å². The first-order valence-corrected chi connectivity index (χ1v) is 5.49. The van der Waals surface area contributed by atoms with Gasteiger partial charge in [-0.15, -0.1) is 0 Å². The Balaban J connectivity index is 2.91. The average molecular weight is 292 g/mol. The van der Waals surface area contributed by atoms with Crippen LogP contribution in [0.3, 0.4) is 0 Å². The molecule has 0 aliphatic rings. The van der Waals surface area contributed by atoms with Gasteiger partial charge in [-0.2, -0.15) is 0 Å². The molecule has 0 aromatic heterocycles. The smallest absolute Gasteiger partial charge is 0.250 e. The van der Waals surface area contributed by atoms with Crippen LogP contribution in [0.15, 0.2) is 18.2 Å². The van der Waals surface area contributed by atoms with Gasteiger partial charge in [-0.25, -0.2) is 0 Å². The van der Waals surface area contributed by atoms with Crippen LogP contribution in [0.2, 0.25) is 5.02 Å². The lowest BCUT2D eigenvalue weighted by Gasteiger charge is -2.05. The second kappa shape index (κ2) is 5.14. The van der Waals surface area contributed by atoms with Crippen molar-refractivity contribution >= 4 is 45.0 Å². The molecule has 2 amide bonds. The number of benzene rings is 1. The van der Waals surface area contributed by atoms with Crippen LogP contribution in [0.5, 0.6) is 0 Å². The molecule has 0 bridgehead atoms. The molecule has 1 aromatic rings. The fourth-order valence-corrected chi connectivity index (χ4v) is 1.40. The first kappa shape index (κ1) is 12.0. The Morgan fingerprint density at radius 2 is 2.13 bits per heavy atom. The molecule has 0 aliphatic carbocycles. The van der Waals surface area contributed by atoms with Gasteiger partial charge in [0, 0.05) is 5.69 Å². The van der Waals surface area contributed by atoms with E-state index in [1.807, 2.05) is 0 Å². The van der Waals surface area contributed by atoms with Crippen LogP contribution in [0.1, 0.15) is 10.4 Å². The number of hydrogen-bond donors (Lipinski definition) is 2. The third kappa shape index (κ3) is 3.21. The summed E-state index contributed by atoms with van der Waals surface area (Å²) in [7, 11) is 0. The van der Waals surface area contributed by atoms with Crippen LogP contribution in [-0.4, -0.2) is 17.1 Å². The molecular formula is C9H8BrClN2O2.